The van der Waals surface area contributed by atoms with Gasteiger partial charge in [0.15, 0.2) is 0 Å². The van der Waals surface area contributed by atoms with Crippen LogP contribution in [0.3, 0.4) is 0 Å². The third-order valence-electron chi connectivity index (χ3n) is 1.79. The molecule has 0 unspecified atom stereocenters. The van der Waals surface area contributed by atoms with Gasteiger partial charge < -0.3 is 5.11 Å². The minimum Gasteiger partial charge on any atom is -0.390 e. The lowest BCUT2D eigenvalue weighted by atomic mass is 10.4. The molecule has 0 atom stereocenters. The molecule has 0 radical (unpaired) electrons. The molecule has 1 aromatic rings. The average molecular weight is 170 g/mol. The molecule has 66 valence electrons. The first-order chi connectivity index (χ1) is 5.57. The van der Waals surface area contributed by atoms with Crippen LogP contribution in [0.5, 0.6) is 0 Å². The van der Waals surface area contributed by atoms with Crippen LogP contribution in [0.25, 0.3) is 0 Å². The Labute approximate surface area is 68.5 Å². The lowest BCUT2D eigenvalue weighted by Crippen LogP contribution is -2.37. The molecule has 5 nitrogen and oxygen atoms in total. The van der Waals surface area contributed by atoms with E-state index in [9.17, 15) is 9.59 Å². The van der Waals surface area contributed by atoms with Crippen molar-refractivity contribution in [1.82, 2.24) is 9.13 Å². The summed E-state index contributed by atoms with van der Waals surface area (Å²) in [5, 5.41) is 8.75. The number of aliphatic hydroxyl groups is 1. The summed E-state index contributed by atoms with van der Waals surface area (Å²) in [7, 11) is 2.90. The van der Waals surface area contributed by atoms with E-state index in [0.29, 0.717) is 5.69 Å². The molecular formula is C7H10N2O3. The highest BCUT2D eigenvalue weighted by Gasteiger charge is 2.03. The number of aliphatic hydroxyl groups excluding tert-OH is 1. The van der Waals surface area contributed by atoms with Gasteiger partial charge in [-0.25, -0.2) is 4.79 Å². The van der Waals surface area contributed by atoms with Crippen LogP contribution in [0.2, 0.25) is 0 Å². The molecule has 0 aliphatic heterocycles. The minimum atomic E-state index is -0.424. The quantitative estimate of drug-likeness (QED) is 0.562. The molecule has 1 rings (SSSR count). The van der Waals surface area contributed by atoms with Crippen LogP contribution < -0.4 is 11.2 Å². The van der Waals surface area contributed by atoms with E-state index < -0.39 is 11.2 Å². The summed E-state index contributed by atoms with van der Waals surface area (Å²) in [4.78, 5) is 22.2. The third kappa shape index (κ3) is 1.18. The fourth-order valence-corrected chi connectivity index (χ4v) is 0.930. The van der Waals surface area contributed by atoms with Crippen molar-refractivity contribution in [2.45, 2.75) is 6.61 Å². The standard InChI is InChI=1S/C7H10N2O3/c1-8-5(4-10)3-6(11)9(2)7(8)12/h3,10H,4H2,1-2H3. The fourth-order valence-electron chi connectivity index (χ4n) is 0.930. The van der Waals surface area contributed by atoms with E-state index in [1.165, 1.54) is 24.7 Å². The monoisotopic (exact) mass is 170 g/mol. The Balaban J connectivity index is 3.61. The van der Waals surface area contributed by atoms with Crippen molar-refractivity contribution in [2.75, 3.05) is 0 Å². The average Bonchev–Trinajstić information content (AvgIpc) is 2.08. The van der Waals surface area contributed by atoms with Crippen LogP contribution in [-0.2, 0) is 20.7 Å². The largest absolute Gasteiger partial charge is 0.390 e. The maximum absolute atomic E-state index is 11.2. The summed E-state index contributed by atoms with van der Waals surface area (Å²) in [5.74, 6) is 0. The predicted octanol–water partition coefficient (Wildman–Crippen LogP) is -1.42. The highest BCUT2D eigenvalue weighted by molar-refractivity contribution is 5.00. The van der Waals surface area contributed by atoms with E-state index in [4.69, 9.17) is 5.11 Å². The normalized spacial score (nSPS) is 10.2. The van der Waals surface area contributed by atoms with Crippen LogP contribution >= 0.6 is 0 Å². The van der Waals surface area contributed by atoms with Crippen molar-refractivity contribution in [3.05, 3.63) is 32.6 Å². The van der Waals surface area contributed by atoms with Crippen molar-refractivity contribution < 1.29 is 5.11 Å². The predicted molar refractivity (Wildman–Crippen MR) is 42.8 cm³/mol. The summed E-state index contributed by atoms with van der Waals surface area (Å²) in [5.41, 5.74) is -0.503. The molecule has 0 amide bonds. The Morgan fingerprint density at radius 2 is 1.92 bits per heavy atom. The molecule has 0 fully saturated rings. The second kappa shape index (κ2) is 2.94. The molecule has 0 bridgehead atoms. The zero-order chi connectivity index (χ0) is 9.30. The van der Waals surface area contributed by atoms with E-state index in [0.717, 1.165) is 4.57 Å². The number of nitrogens with zero attached hydrogens (tertiary/aromatic N) is 2. The summed E-state index contributed by atoms with van der Waals surface area (Å²) < 4.78 is 2.22. The number of aromatic nitrogens is 2. The highest BCUT2D eigenvalue weighted by atomic mass is 16.3. The minimum absolute atomic E-state index is 0.304. The Hall–Kier alpha value is -1.36. The molecule has 0 aromatic carbocycles. The third-order valence-corrected chi connectivity index (χ3v) is 1.79. The molecule has 5 heteroatoms. The molecule has 0 spiro atoms. The highest BCUT2D eigenvalue weighted by Crippen LogP contribution is 1.87. The molecule has 1 aromatic heterocycles. The zero-order valence-electron chi connectivity index (χ0n) is 6.94. The van der Waals surface area contributed by atoms with E-state index in [2.05, 4.69) is 0 Å². The molecule has 1 heterocycles. The second-order valence-electron chi connectivity index (χ2n) is 2.53. The lowest BCUT2D eigenvalue weighted by Gasteiger charge is -2.05. The number of hydrogen-bond acceptors (Lipinski definition) is 3. The molecule has 0 aliphatic carbocycles. The van der Waals surface area contributed by atoms with Gasteiger partial charge in [-0.05, 0) is 0 Å². The van der Waals surface area contributed by atoms with E-state index in [1.54, 1.807) is 0 Å². The van der Waals surface area contributed by atoms with Crippen LogP contribution in [0.4, 0.5) is 0 Å². The fraction of sp³-hybridized carbons (Fsp3) is 0.429. The van der Waals surface area contributed by atoms with Crippen LogP contribution in [-0.4, -0.2) is 14.2 Å². The van der Waals surface area contributed by atoms with Gasteiger partial charge in [0.1, 0.15) is 0 Å². The SMILES string of the molecule is Cn1c(CO)cc(=O)n(C)c1=O. The number of rotatable bonds is 1. The first-order valence-electron chi connectivity index (χ1n) is 3.44. The van der Waals surface area contributed by atoms with Crippen LogP contribution in [0, 0.1) is 0 Å². The molecule has 0 saturated carbocycles. The maximum Gasteiger partial charge on any atom is 0.330 e. The summed E-state index contributed by atoms with van der Waals surface area (Å²) in [6.45, 7) is -0.304. The van der Waals surface area contributed by atoms with Gasteiger partial charge in [0.2, 0.25) is 0 Å². The first kappa shape index (κ1) is 8.73. The summed E-state index contributed by atoms with van der Waals surface area (Å²) in [6, 6.07) is 1.24. The van der Waals surface area contributed by atoms with Gasteiger partial charge in [-0.1, -0.05) is 0 Å². The first-order valence-corrected chi connectivity index (χ1v) is 3.44. The lowest BCUT2D eigenvalue weighted by molar-refractivity contribution is 0.269. The second-order valence-corrected chi connectivity index (χ2v) is 2.53. The number of hydrogen-bond donors (Lipinski definition) is 1. The smallest absolute Gasteiger partial charge is 0.330 e. The Kier molecular flexibility index (Phi) is 2.14. The van der Waals surface area contributed by atoms with Gasteiger partial charge in [0, 0.05) is 20.2 Å². The topological polar surface area (TPSA) is 64.2 Å². The van der Waals surface area contributed by atoms with Crippen molar-refractivity contribution in [2.24, 2.45) is 14.1 Å². The van der Waals surface area contributed by atoms with Crippen molar-refractivity contribution in [3.8, 4) is 0 Å². The van der Waals surface area contributed by atoms with Crippen molar-refractivity contribution >= 4 is 0 Å². The van der Waals surface area contributed by atoms with Crippen LogP contribution in [0.1, 0.15) is 5.69 Å². The zero-order valence-corrected chi connectivity index (χ0v) is 6.94. The van der Waals surface area contributed by atoms with Crippen molar-refractivity contribution in [1.29, 1.82) is 0 Å². The van der Waals surface area contributed by atoms with Gasteiger partial charge >= 0.3 is 5.69 Å². The van der Waals surface area contributed by atoms with Crippen LogP contribution in [0.15, 0.2) is 15.7 Å². The van der Waals surface area contributed by atoms with E-state index in [-0.39, 0.29) is 6.61 Å². The molecule has 0 saturated heterocycles. The van der Waals surface area contributed by atoms with Gasteiger partial charge in [-0.2, -0.15) is 0 Å². The summed E-state index contributed by atoms with van der Waals surface area (Å²) in [6.07, 6.45) is 0. The summed E-state index contributed by atoms with van der Waals surface area (Å²) >= 11 is 0. The maximum atomic E-state index is 11.2. The van der Waals surface area contributed by atoms with Gasteiger partial charge in [0.25, 0.3) is 5.56 Å². The van der Waals surface area contributed by atoms with Gasteiger partial charge in [0.05, 0.1) is 12.3 Å². The molecule has 0 aliphatic rings. The molecule has 1 N–H and O–H groups in total. The Morgan fingerprint density at radius 1 is 1.33 bits per heavy atom. The molecular weight excluding hydrogens is 160 g/mol. The van der Waals surface area contributed by atoms with Crippen molar-refractivity contribution in [3.63, 3.8) is 0 Å². The van der Waals surface area contributed by atoms with Gasteiger partial charge in [-0.15, -0.1) is 0 Å². The Bertz CT molecular complexity index is 402. The van der Waals surface area contributed by atoms with E-state index in [1.807, 2.05) is 0 Å². The van der Waals surface area contributed by atoms with Gasteiger partial charge in [-0.3, -0.25) is 13.9 Å². The Morgan fingerprint density at radius 3 is 2.42 bits per heavy atom. The van der Waals surface area contributed by atoms with E-state index >= 15 is 0 Å². The molecule has 12 heavy (non-hydrogen) atoms.